The Morgan fingerprint density at radius 2 is 1.78 bits per heavy atom. The van der Waals surface area contributed by atoms with E-state index in [0.717, 1.165) is 31.1 Å². The van der Waals surface area contributed by atoms with Gasteiger partial charge in [-0.15, -0.1) is 0 Å². The van der Waals surface area contributed by atoms with Gasteiger partial charge in [-0.3, -0.25) is 14.4 Å². The van der Waals surface area contributed by atoms with Gasteiger partial charge in [0, 0.05) is 29.9 Å². The molecule has 0 aliphatic heterocycles. The molecule has 2 aromatic rings. The van der Waals surface area contributed by atoms with Crippen LogP contribution < -0.4 is 15.6 Å². The topological polar surface area (TPSA) is 93.1 Å². The standard InChI is InChI=1S/C20H23N3O3S/c1-15(19(21)25)22-20(26)16-9-3-4-10-17(16)27-18(24)11-5-8-14-23-12-6-2-7-13-23/h2-4,6-7,9-10,12-13,15H,5,8,11,14H2,1H3,(H2-,21,22,25,26)/p+1/t15-/m0/s1. The average molecular weight is 386 g/mol. The maximum Gasteiger partial charge on any atom is 0.253 e. The molecule has 142 valence electrons. The van der Waals surface area contributed by atoms with Crippen molar-refractivity contribution >= 4 is 28.7 Å². The summed E-state index contributed by atoms with van der Waals surface area (Å²) >= 11 is 1.06. The van der Waals surface area contributed by atoms with Crippen LogP contribution in [0.15, 0.2) is 59.8 Å². The number of pyridine rings is 1. The average Bonchev–Trinajstić information content (AvgIpc) is 2.66. The van der Waals surface area contributed by atoms with Gasteiger partial charge >= 0.3 is 0 Å². The van der Waals surface area contributed by atoms with Crippen molar-refractivity contribution in [2.75, 3.05) is 0 Å². The molecule has 0 bridgehead atoms. The molecular formula is C20H24N3O3S+. The van der Waals surface area contributed by atoms with Crippen LogP contribution in [0.1, 0.15) is 36.5 Å². The molecular weight excluding hydrogens is 362 g/mol. The van der Waals surface area contributed by atoms with Gasteiger partial charge in [-0.05, 0) is 25.5 Å². The van der Waals surface area contributed by atoms with Crippen molar-refractivity contribution in [2.24, 2.45) is 5.73 Å². The van der Waals surface area contributed by atoms with E-state index in [1.165, 1.54) is 6.92 Å². The lowest BCUT2D eigenvalue weighted by molar-refractivity contribution is -0.697. The van der Waals surface area contributed by atoms with Crippen molar-refractivity contribution in [1.29, 1.82) is 0 Å². The van der Waals surface area contributed by atoms with Crippen LogP contribution in [0.5, 0.6) is 0 Å². The van der Waals surface area contributed by atoms with E-state index in [1.807, 2.05) is 30.6 Å². The highest BCUT2D eigenvalue weighted by Crippen LogP contribution is 2.25. The van der Waals surface area contributed by atoms with Crippen LogP contribution in [0.4, 0.5) is 0 Å². The summed E-state index contributed by atoms with van der Waals surface area (Å²) in [5.41, 5.74) is 5.54. The van der Waals surface area contributed by atoms with Gasteiger partial charge in [-0.25, -0.2) is 4.57 Å². The molecule has 1 aromatic carbocycles. The maximum absolute atomic E-state index is 12.3. The van der Waals surface area contributed by atoms with E-state index in [9.17, 15) is 14.4 Å². The van der Waals surface area contributed by atoms with Crippen molar-refractivity contribution in [3.63, 3.8) is 0 Å². The van der Waals surface area contributed by atoms with Crippen molar-refractivity contribution in [3.8, 4) is 0 Å². The third-order valence-electron chi connectivity index (χ3n) is 3.95. The lowest BCUT2D eigenvalue weighted by Crippen LogP contribution is -2.42. The second kappa shape index (κ2) is 10.5. The van der Waals surface area contributed by atoms with Crippen molar-refractivity contribution in [2.45, 2.75) is 43.7 Å². The van der Waals surface area contributed by atoms with Gasteiger partial charge in [-0.2, -0.15) is 0 Å². The van der Waals surface area contributed by atoms with Crippen LogP contribution >= 0.6 is 11.8 Å². The van der Waals surface area contributed by atoms with Crippen LogP contribution in [-0.2, 0) is 16.1 Å². The van der Waals surface area contributed by atoms with Gasteiger partial charge in [0.1, 0.15) is 12.6 Å². The molecule has 0 aliphatic rings. The number of nitrogens with zero attached hydrogens (tertiary/aromatic N) is 1. The fourth-order valence-corrected chi connectivity index (χ4v) is 3.32. The Bertz CT molecular complexity index is 796. The Kier molecular flexibility index (Phi) is 8.00. The van der Waals surface area contributed by atoms with E-state index >= 15 is 0 Å². The number of hydrogen-bond acceptors (Lipinski definition) is 4. The summed E-state index contributed by atoms with van der Waals surface area (Å²) in [5, 5.41) is 2.55. The van der Waals surface area contributed by atoms with E-state index < -0.39 is 17.9 Å². The van der Waals surface area contributed by atoms with Gasteiger partial charge in [0.25, 0.3) is 5.91 Å². The number of nitrogens with one attached hydrogen (secondary N) is 1. The minimum atomic E-state index is -0.776. The summed E-state index contributed by atoms with van der Waals surface area (Å²) in [6.07, 6.45) is 6.11. The van der Waals surface area contributed by atoms with Crippen LogP contribution in [0.2, 0.25) is 0 Å². The zero-order valence-electron chi connectivity index (χ0n) is 15.3. The molecule has 0 saturated heterocycles. The van der Waals surface area contributed by atoms with Crippen LogP contribution in [0.25, 0.3) is 0 Å². The van der Waals surface area contributed by atoms with E-state index in [-0.39, 0.29) is 5.12 Å². The molecule has 2 amide bonds. The number of amides is 2. The molecule has 0 saturated carbocycles. The van der Waals surface area contributed by atoms with Crippen molar-refractivity contribution < 1.29 is 19.0 Å². The zero-order valence-corrected chi connectivity index (χ0v) is 16.1. The number of carbonyl (C=O) groups is 3. The summed E-state index contributed by atoms with van der Waals surface area (Å²) in [5.74, 6) is -1.03. The fraction of sp³-hybridized carbons (Fsp3) is 0.300. The van der Waals surface area contributed by atoms with Gasteiger partial charge in [0.2, 0.25) is 5.91 Å². The molecule has 0 fully saturated rings. The Balaban J connectivity index is 1.86. The Morgan fingerprint density at radius 1 is 1.07 bits per heavy atom. The number of benzene rings is 1. The quantitative estimate of drug-likeness (QED) is 0.392. The summed E-state index contributed by atoms with van der Waals surface area (Å²) in [4.78, 5) is 36.3. The molecule has 27 heavy (non-hydrogen) atoms. The van der Waals surface area contributed by atoms with E-state index in [4.69, 9.17) is 5.73 Å². The number of carbonyl (C=O) groups excluding carboxylic acids is 3. The first kappa shape index (κ1) is 20.6. The Labute approximate surface area is 163 Å². The van der Waals surface area contributed by atoms with E-state index in [0.29, 0.717) is 16.9 Å². The monoisotopic (exact) mass is 386 g/mol. The fourth-order valence-electron chi connectivity index (χ4n) is 2.41. The van der Waals surface area contributed by atoms with Crippen molar-refractivity contribution in [1.82, 2.24) is 5.32 Å². The number of nitrogens with two attached hydrogens (primary N) is 1. The lowest BCUT2D eigenvalue weighted by atomic mass is 10.2. The number of aromatic nitrogens is 1. The number of rotatable bonds is 9. The number of hydrogen-bond donors (Lipinski definition) is 2. The lowest BCUT2D eigenvalue weighted by Gasteiger charge is -2.12. The first-order valence-electron chi connectivity index (χ1n) is 8.81. The van der Waals surface area contributed by atoms with Crippen molar-refractivity contribution in [3.05, 3.63) is 60.4 Å². The molecule has 1 aromatic heterocycles. The summed E-state index contributed by atoms with van der Waals surface area (Å²) in [6.45, 7) is 2.38. The van der Waals surface area contributed by atoms with Gasteiger partial charge in [0.15, 0.2) is 17.5 Å². The molecule has 0 spiro atoms. The van der Waals surface area contributed by atoms with E-state index in [2.05, 4.69) is 9.88 Å². The highest BCUT2D eigenvalue weighted by Gasteiger charge is 2.18. The maximum atomic E-state index is 12.3. The smallest absolute Gasteiger partial charge is 0.253 e. The van der Waals surface area contributed by atoms with Crippen LogP contribution in [-0.4, -0.2) is 23.0 Å². The zero-order chi connectivity index (χ0) is 19.6. The summed E-state index contributed by atoms with van der Waals surface area (Å²) in [7, 11) is 0. The molecule has 1 atom stereocenters. The molecule has 6 nitrogen and oxygen atoms in total. The minimum absolute atomic E-state index is 0.0104. The Hall–Kier alpha value is -2.67. The molecule has 7 heteroatoms. The number of unbranched alkanes of at least 4 members (excludes halogenated alkanes) is 1. The summed E-state index contributed by atoms with van der Waals surface area (Å²) < 4.78 is 2.08. The number of thioether (sulfide) groups is 1. The Morgan fingerprint density at radius 3 is 2.48 bits per heavy atom. The molecule has 2 rings (SSSR count). The molecule has 1 heterocycles. The first-order valence-corrected chi connectivity index (χ1v) is 9.63. The largest absolute Gasteiger partial charge is 0.368 e. The minimum Gasteiger partial charge on any atom is -0.368 e. The summed E-state index contributed by atoms with van der Waals surface area (Å²) in [6, 6.07) is 12.0. The molecule has 3 N–H and O–H groups in total. The van der Waals surface area contributed by atoms with Gasteiger partial charge < -0.3 is 11.1 Å². The normalized spacial score (nSPS) is 11.6. The van der Waals surface area contributed by atoms with Gasteiger partial charge in [-0.1, -0.05) is 30.0 Å². The van der Waals surface area contributed by atoms with E-state index in [1.54, 1.807) is 24.3 Å². The highest BCUT2D eigenvalue weighted by molar-refractivity contribution is 8.13. The highest BCUT2D eigenvalue weighted by atomic mass is 32.2. The first-order chi connectivity index (χ1) is 13.0. The van der Waals surface area contributed by atoms with Crippen LogP contribution in [0, 0.1) is 0 Å². The SMILES string of the molecule is C[C@H](NC(=O)c1ccccc1SC(=O)CCCC[n+]1ccccc1)C(N)=O. The predicted molar refractivity (Wildman–Crippen MR) is 104 cm³/mol. The molecule has 0 unspecified atom stereocenters. The molecule has 0 aliphatic carbocycles. The third-order valence-corrected chi connectivity index (χ3v) is 4.96. The molecule has 0 radical (unpaired) electrons. The van der Waals surface area contributed by atoms with Gasteiger partial charge in [0.05, 0.1) is 5.56 Å². The second-order valence-corrected chi connectivity index (χ2v) is 7.24. The predicted octanol–water partition coefficient (Wildman–Crippen LogP) is 2.07. The second-order valence-electron chi connectivity index (χ2n) is 6.14. The number of aryl methyl sites for hydroxylation is 1. The van der Waals surface area contributed by atoms with Crippen LogP contribution in [0.3, 0.4) is 0 Å². The number of primary amides is 1. The third kappa shape index (κ3) is 6.86.